The van der Waals surface area contributed by atoms with Crippen LogP contribution >= 0.6 is 23.8 Å². The van der Waals surface area contributed by atoms with Crippen molar-refractivity contribution in [3.8, 4) is 0 Å². The molecule has 2 rings (SSSR count). The van der Waals surface area contributed by atoms with Crippen molar-refractivity contribution in [3.05, 3.63) is 64.7 Å². The maximum absolute atomic E-state index is 12.2. The molecular weight excluding hydrogens is 370 g/mol. The molecule has 2 aromatic carbocycles. The van der Waals surface area contributed by atoms with Gasteiger partial charge in [-0.2, -0.15) is 0 Å². The summed E-state index contributed by atoms with van der Waals surface area (Å²) in [7, 11) is 0. The molecule has 0 aliphatic heterocycles. The second-order valence-corrected chi connectivity index (χ2v) is 7.49. The second-order valence-electron chi connectivity index (χ2n) is 6.67. The molecule has 0 bridgehead atoms. The van der Waals surface area contributed by atoms with Crippen molar-refractivity contribution in [2.75, 3.05) is 5.32 Å². The highest BCUT2D eigenvalue weighted by Crippen LogP contribution is 2.15. The third-order valence-corrected chi connectivity index (χ3v) is 3.75. The van der Waals surface area contributed by atoms with Gasteiger partial charge in [0.2, 0.25) is 0 Å². The van der Waals surface area contributed by atoms with E-state index in [0.717, 1.165) is 0 Å². The Morgan fingerprint density at radius 2 is 1.69 bits per heavy atom. The number of halogens is 1. The topological polar surface area (TPSA) is 70.2 Å². The molecule has 7 heteroatoms. The van der Waals surface area contributed by atoms with E-state index in [1.165, 1.54) is 0 Å². The molecule has 136 valence electrons. The van der Waals surface area contributed by atoms with E-state index < -0.39 is 5.91 Å². The fraction of sp³-hybridized carbons (Fsp3) is 0.211. The van der Waals surface area contributed by atoms with Gasteiger partial charge in [0.25, 0.3) is 11.8 Å². The lowest BCUT2D eigenvalue weighted by Crippen LogP contribution is -2.40. The summed E-state index contributed by atoms with van der Waals surface area (Å²) in [4.78, 5) is 24.5. The minimum Gasteiger partial charge on any atom is -0.347 e. The van der Waals surface area contributed by atoms with E-state index in [1.807, 2.05) is 20.8 Å². The van der Waals surface area contributed by atoms with Gasteiger partial charge in [0.15, 0.2) is 5.11 Å². The van der Waals surface area contributed by atoms with E-state index in [1.54, 1.807) is 48.5 Å². The molecule has 0 saturated carbocycles. The van der Waals surface area contributed by atoms with Gasteiger partial charge in [-0.15, -0.1) is 0 Å². The smallest absolute Gasteiger partial charge is 0.258 e. The van der Waals surface area contributed by atoms with Crippen LogP contribution < -0.4 is 16.0 Å². The van der Waals surface area contributed by atoms with Crippen molar-refractivity contribution in [1.29, 1.82) is 0 Å². The number of amides is 2. The molecule has 0 aliphatic carbocycles. The molecule has 0 aromatic heterocycles. The molecule has 0 unspecified atom stereocenters. The molecule has 0 radical (unpaired) electrons. The maximum Gasteiger partial charge on any atom is 0.258 e. The van der Waals surface area contributed by atoms with Crippen LogP contribution in [0.4, 0.5) is 5.69 Å². The van der Waals surface area contributed by atoms with Gasteiger partial charge < -0.3 is 10.6 Å². The van der Waals surface area contributed by atoms with E-state index in [0.29, 0.717) is 21.8 Å². The van der Waals surface area contributed by atoms with Gasteiger partial charge in [-0.05, 0) is 63.3 Å². The summed E-state index contributed by atoms with van der Waals surface area (Å²) in [6.45, 7) is 5.73. The number of carbonyl (C=O) groups is 2. The van der Waals surface area contributed by atoms with Crippen molar-refractivity contribution in [1.82, 2.24) is 10.6 Å². The van der Waals surface area contributed by atoms with E-state index in [4.69, 9.17) is 23.8 Å². The molecule has 0 aliphatic rings. The number of carbonyl (C=O) groups excluding carboxylic acids is 2. The number of nitrogens with one attached hydrogen (secondary N) is 3. The Labute approximate surface area is 163 Å². The van der Waals surface area contributed by atoms with Gasteiger partial charge in [-0.3, -0.25) is 14.9 Å². The first-order valence-electron chi connectivity index (χ1n) is 7.95. The highest BCUT2D eigenvalue weighted by Gasteiger charge is 2.16. The van der Waals surface area contributed by atoms with Crippen LogP contribution in [0, 0.1) is 0 Å². The lowest BCUT2D eigenvalue weighted by molar-refractivity contribution is 0.0918. The molecule has 0 spiro atoms. The molecule has 2 aromatic rings. The van der Waals surface area contributed by atoms with Gasteiger partial charge in [0, 0.05) is 16.8 Å². The van der Waals surface area contributed by atoms with Crippen molar-refractivity contribution in [2.24, 2.45) is 0 Å². The largest absolute Gasteiger partial charge is 0.347 e. The fourth-order valence-electron chi connectivity index (χ4n) is 2.13. The van der Waals surface area contributed by atoms with Crippen LogP contribution in [-0.2, 0) is 0 Å². The lowest BCUT2D eigenvalue weighted by Gasteiger charge is -2.20. The molecule has 0 fully saturated rings. The summed E-state index contributed by atoms with van der Waals surface area (Å²) < 4.78 is 0. The number of hydrogen-bond donors (Lipinski definition) is 3. The summed E-state index contributed by atoms with van der Waals surface area (Å²) in [6.07, 6.45) is 0. The van der Waals surface area contributed by atoms with Crippen LogP contribution in [0.2, 0.25) is 5.02 Å². The van der Waals surface area contributed by atoms with E-state index in [2.05, 4.69) is 16.0 Å². The summed E-state index contributed by atoms with van der Waals surface area (Å²) in [6, 6.07) is 13.5. The van der Waals surface area contributed by atoms with Gasteiger partial charge in [-0.1, -0.05) is 29.8 Å². The Balaban J connectivity index is 2.03. The molecule has 26 heavy (non-hydrogen) atoms. The number of thiocarbonyl (C=S) groups is 1. The van der Waals surface area contributed by atoms with Gasteiger partial charge >= 0.3 is 0 Å². The van der Waals surface area contributed by atoms with Crippen LogP contribution in [0.25, 0.3) is 0 Å². The Bertz CT molecular complexity index is 847. The van der Waals surface area contributed by atoms with Crippen LogP contribution in [0.5, 0.6) is 0 Å². The third kappa shape index (κ3) is 5.82. The average Bonchev–Trinajstić information content (AvgIpc) is 2.53. The quantitative estimate of drug-likeness (QED) is 0.694. The lowest BCUT2D eigenvalue weighted by atomic mass is 10.1. The number of anilines is 1. The van der Waals surface area contributed by atoms with Gasteiger partial charge in [0.05, 0.1) is 10.6 Å². The molecule has 3 N–H and O–H groups in total. The molecule has 2 amide bonds. The normalized spacial score (nSPS) is 10.8. The molecular formula is C19H20ClN3O2S. The SMILES string of the molecule is CC(C)(C)NC(=O)c1cccc(NC(=S)NC(=O)c2ccccc2Cl)c1. The Hall–Kier alpha value is -2.44. The highest BCUT2D eigenvalue weighted by molar-refractivity contribution is 7.80. The van der Waals surface area contributed by atoms with Crippen LogP contribution in [0.1, 0.15) is 41.5 Å². The first-order chi connectivity index (χ1) is 12.2. The van der Waals surface area contributed by atoms with Crippen LogP contribution in [0.15, 0.2) is 48.5 Å². The summed E-state index contributed by atoms with van der Waals surface area (Å²) in [5.74, 6) is -0.595. The second kappa shape index (κ2) is 8.29. The Morgan fingerprint density at radius 1 is 1.00 bits per heavy atom. The van der Waals surface area contributed by atoms with Crippen molar-refractivity contribution >= 4 is 46.4 Å². The number of rotatable bonds is 3. The first-order valence-corrected chi connectivity index (χ1v) is 8.74. The minimum absolute atomic E-state index is 0.114. The average molecular weight is 390 g/mol. The van der Waals surface area contributed by atoms with Gasteiger partial charge in [-0.25, -0.2) is 0 Å². The number of benzene rings is 2. The van der Waals surface area contributed by atoms with Crippen LogP contribution in [0.3, 0.4) is 0 Å². The monoisotopic (exact) mass is 389 g/mol. The zero-order valence-corrected chi connectivity index (χ0v) is 16.3. The standard InChI is InChI=1S/C19H20ClN3O2S/c1-19(2,3)23-16(24)12-7-6-8-13(11-12)21-18(26)22-17(25)14-9-4-5-10-15(14)20/h4-11H,1-3H3,(H,23,24)(H2,21,22,25,26). The molecule has 0 atom stereocenters. The summed E-state index contributed by atoms with van der Waals surface area (Å²) in [5.41, 5.74) is 1.08. The first kappa shape index (κ1) is 19.9. The van der Waals surface area contributed by atoms with E-state index >= 15 is 0 Å². The predicted molar refractivity (Wildman–Crippen MR) is 109 cm³/mol. The molecule has 0 heterocycles. The maximum atomic E-state index is 12.2. The van der Waals surface area contributed by atoms with Crippen molar-refractivity contribution in [3.63, 3.8) is 0 Å². The third-order valence-electron chi connectivity index (χ3n) is 3.22. The number of hydrogen-bond acceptors (Lipinski definition) is 3. The minimum atomic E-state index is -0.408. The highest BCUT2D eigenvalue weighted by atomic mass is 35.5. The van der Waals surface area contributed by atoms with Crippen LogP contribution in [-0.4, -0.2) is 22.5 Å². The van der Waals surface area contributed by atoms with E-state index in [-0.39, 0.29) is 16.6 Å². The van der Waals surface area contributed by atoms with Crippen molar-refractivity contribution in [2.45, 2.75) is 26.3 Å². The fourth-order valence-corrected chi connectivity index (χ4v) is 2.56. The zero-order chi connectivity index (χ0) is 19.3. The van der Waals surface area contributed by atoms with Crippen molar-refractivity contribution < 1.29 is 9.59 Å². The van der Waals surface area contributed by atoms with Gasteiger partial charge in [0.1, 0.15) is 0 Å². The summed E-state index contributed by atoms with van der Waals surface area (Å²) >= 11 is 11.2. The molecule has 0 saturated heterocycles. The Kier molecular flexibility index (Phi) is 6.34. The molecule has 5 nitrogen and oxygen atoms in total. The summed E-state index contributed by atoms with van der Waals surface area (Å²) in [5, 5.41) is 8.81. The zero-order valence-electron chi connectivity index (χ0n) is 14.7. The Morgan fingerprint density at radius 3 is 2.35 bits per heavy atom. The van der Waals surface area contributed by atoms with E-state index in [9.17, 15) is 9.59 Å². The predicted octanol–water partition coefficient (Wildman–Crippen LogP) is 4.00.